The van der Waals surface area contributed by atoms with Gasteiger partial charge in [0, 0.05) is 12.3 Å². The molecule has 0 amide bonds. The van der Waals surface area contributed by atoms with Gasteiger partial charge >= 0.3 is 0 Å². The molecule has 0 atom stereocenters. The Morgan fingerprint density at radius 2 is 1.96 bits per heavy atom. The van der Waals surface area contributed by atoms with Crippen molar-refractivity contribution in [2.45, 2.75) is 26.7 Å². The molecular weight excluding hydrogens is 349 g/mol. The summed E-state index contributed by atoms with van der Waals surface area (Å²) >= 11 is 12.0. The Hall–Kier alpha value is -2.11. The van der Waals surface area contributed by atoms with Gasteiger partial charge in [-0.05, 0) is 30.5 Å². The zero-order chi connectivity index (χ0) is 17.6. The predicted molar refractivity (Wildman–Crippen MR) is 95.6 cm³/mol. The third-order valence-corrected chi connectivity index (χ3v) is 4.48. The van der Waals surface area contributed by atoms with Gasteiger partial charge in [-0.3, -0.25) is 14.3 Å². The molecule has 0 saturated heterocycles. The van der Waals surface area contributed by atoms with Crippen molar-refractivity contribution in [3.63, 3.8) is 0 Å². The highest BCUT2D eigenvalue weighted by Gasteiger charge is 2.19. The minimum absolute atomic E-state index is 0.0653. The lowest BCUT2D eigenvalue weighted by molar-refractivity contribution is 0.479. The van der Waals surface area contributed by atoms with Crippen LogP contribution in [-0.4, -0.2) is 19.6 Å². The molecule has 3 aromatic rings. The summed E-state index contributed by atoms with van der Waals surface area (Å²) in [7, 11) is 0. The number of halogens is 2. The summed E-state index contributed by atoms with van der Waals surface area (Å²) in [5, 5.41) is 10.7. The quantitative estimate of drug-likeness (QED) is 0.691. The van der Waals surface area contributed by atoms with Crippen LogP contribution in [0.1, 0.15) is 31.0 Å². The predicted octanol–water partition coefficient (Wildman–Crippen LogP) is 4.22. The van der Waals surface area contributed by atoms with Crippen LogP contribution in [0.3, 0.4) is 0 Å². The number of nitrogens with zero attached hydrogens (tertiary/aromatic N) is 3. The van der Waals surface area contributed by atoms with E-state index in [1.165, 1.54) is 10.6 Å². The van der Waals surface area contributed by atoms with Gasteiger partial charge in [0.25, 0.3) is 5.56 Å². The summed E-state index contributed by atoms with van der Waals surface area (Å²) in [4.78, 5) is 21.3. The maximum Gasteiger partial charge on any atom is 0.260 e. The molecule has 3 heterocycles. The molecule has 0 radical (unpaired) electrons. The fourth-order valence-electron chi connectivity index (χ4n) is 2.68. The highest BCUT2D eigenvalue weighted by atomic mass is 35.5. The summed E-state index contributed by atoms with van der Waals surface area (Å²) in [6, 6.07) is 4.47. The maximum atomic E-state index is 12.6. The number of hydrogen-bond donors (Lipinski definition) is 1. The Morgan fingerprint density at radius 3 is 2.62 bits per heavy atom. The van der Waals surface area contributed by atoms with E-state index in [1.54, 1.807) is 6.20 Å². The number of fused-ring (bicyclic) bond motifs is 1. The number of aromatic nitrogens is 3. The lowest BCUT2D eigenvalue weighted by Gasteiger charge is -2.18. The van der Waals surface area contributed by atoms with Crippen LogP contribution in [-0.2, 0) is 0 Å². The van der Waals surface area contributed by atoms with Crippen molar-refractivity contribution in [1.82, 2.24) is 14.5 Å². The molecule has 3 rings (SSSR count). The average molecular weight is 364 g/mol. The largest absolute Gasteiger partial charge is 0.507 e. The van der Waals surface area contributed by atoms with Crippen molar-refractivity contribution in [1.29, 1.82) is 0 Å². The number of aryl methyl sites for hydroxylation is 1. The highest BCUT2D eigenvalue weighted by molar-refractivity contribution is 6.41. The highest BCUT2D eigenvalue weighted by Crippen LogP contribution is 2.32. The first kappa shape index (κ1) is 16.7. The van der Waals surface area contributed by atoms with E-state index < -0.39 is 5.56 Å². The van der Waals surface area contributed by atoms with Crippen LogP contribution in [0.4, 0.5) is 0 Å². The summed E-state index contributed by atoms with van der Waals surface area (Å²) in [5.41, 5.74) is 2.11. The molecule has 0 bridgehead atoms. The molecule has 1 N–H and O–H groups in total. The third-order valence-electron chi connectivity index (χ3n) is 3.81. The molecule has 24 heavy (non-hydrogen) atoms. The first-order valence-corrected chi connectivity index (χ1v) is 8.13. The number of rotatable bonds is 2. The molecule has 3 aromatic heterocycles. The van der Waals surface area contributed by atoms with Gasteiger partial charge < -0.3 is 5.11 Å². The fraction of sp³-hybridized carbons (Fsp3) is 0.235. The molecule has 0 unspecified atom stereocenters. The first-order chi connectivity index (χ1) is 11.3. The second-order valence-corrected chi connectivity index (χ2v) is 6.62. The molecule has 0 aromatic carbocycles. The van der Waals surface area contributed by atoms with Crippen LogP contribution in [0.25, 0.3) is 16.7 Å². The Morgan fingerprint density at radius 1 is 1.25 bits per heavy atom. The van der Waals surface area contributed by atoms with Gasteiger partial charge in [0.2, 0.25) is 0 Å². The zero-order valence-corrected chi connectivity index (χ0v) is 14.9. The topological polar surface area (TPSA) is 68.0 Å². The number of pyridine rings is 3. The number of aromatic hydroxyl groups is 1. The minimum atomic E-state index is -0.413. The number of hydrogen-bond acceptors (Lipinski definition) is 4. The fourth-order valence-corrected chi connectivity index (χ4v) is 2.97. The molecule has 7 heteroatoms. The lowest BCUT2D eigenvalue weighted by atomic mass is 10.0. The van der Waals surface area contributed by atoms with Crippen molar-refractivity contribution in [3.8, 4) is 11.4 Å². The smallest absolute Gasteiger partial charge is 0.260 e. The van der Waals surface area contributed by atoms with Crippen molar-refractivity contribution in [3.05, 3.63) is 56.2 Å². The lowest BCUT2D eigenvalue weighted by Crippen LogP contribution is -2.21. The van der Waals surface area contributed by atoms with Crippen LogP contribution in [0.2, 0.25) is 10.2 Å². The summed E-state index contributed by atoms with van der Waals surface area (Å²) < 4.78 is 1.43. The van der Waals surface area contributed by atoms with Gasteiger partial charge in [-0.15, -0.1) is 0 Å². The summed E-state index contributed by atoms with van der Waals surface area (Å²) in [6.07, 6.45) is 1.71. The Kier molecular flexibility index (Phi) is 4.24. The van der Waals surface area contributed by atoms with Crippen molar-refractivity contribution >= 4 is 34.2 Å². The Labute approximate surface area is 148 Å². The molecule has 0 aliphatic rings. The van der Waals surface area contributed by atoms with Crippen molar-refractivity contribution < 1.29 is 5.11 Å². The van der Waals surface area contributed by atoms with Crippen molar-refractivity contribution in [2.24, 2.45) is 0 Å². The van der Waals surface area contributed by atoms with Crippen molar-refractivity contribution in [2.75, 3.05) is 0 Å². The Balaban J connectivity index is 2.53. The standard InChI is InChI=1S/C17H15Cl2N3O2/c1-8(2)14-15(9(3)4-5-20-14)22-13(24)7-12(23)10-6-11(18)16(19)21-17(10)22/h4-8,23H,1-3H3. The van der Waals surface area contributed by atoms with E-state index in [1.807, 2.05) is 26.8 Å². The Bertz CT molecular complexity index is 1010. The van der Waals surface area contributed by atoms with Gasteiger partial charge in [-0.25, -0.2) is 4.98 Å². The minimum Gasteiger partial charge on any atom is -0.507 e. The average Bonchev–Trinajstić information content (AvgIpc) is 2.50. The van der Waals surface area contributed by atoms with Gasteiger partial charge in [0.1, 0.15) is 10.9 Å². The summed E-state index contributed by atoms with van der Waals surface area (Å²) in [6.45, 7) is 5.89. The van der Waals surface area contributed by atoms with Gasteiger partial charge in [-0.2, -0.15) is 0 Å². The zero-order valence-electron chi connectivity index (χ0n) is 13.3. The third kappa shape index (κ3) is 2.64. The molecule has 0 aliphatic heterocycles. The van der Waals surface area contributed by atoms with Gasteiger partial charge in [0.15, 0.2) is 5.65 Å². The SMILES string of the molecule is Cc1ccnc(C(C)C)c1-n1c(=O)cc(O)c2cc(Cl)c(Cl)nc21. The van der Waals surface area contributed by atoms with Gasteiger partial charge in [0.05, 0.1) is 21.8 Å². The van der Waals surface area contributed by atoms with E-state index in [4.69, 9.17) is 23.2 Å². The molecule has 0 saturated carbocycles. The molecule has 5 nitrogen and oxygen atoms in total. The van der Waals surface area contributed by atoms with Crippen LogP contribution in [0.15, 0.2) is 29.2 Å². The molecule has 124 valence electrons. The van der Waals surface area contributed by atoms with E-state index in [0.717, 1.165) is 17.3 Å². The van der Waals surface area contributed by atoms with E-state index >= 15 is 0 Å². The molecule has 0 fully saturated rings. The second kappa shape index (κ2) is 6.07. The van der Waals surface area contributed by atoms with Crippen LogP contribution in [0.5, 0.6) is 5.75 Å². The second-order valence-electron chi connectivity index (χ2n) is 5.85. The van der Waals surface area contributed by atoms with Crippen LogP contribution >= 0.6 is 23.2 Å². The molecule has 0 aliphatic carbocycles. The molecule has 0 spiro atoms. The molecular formula is C17H15Cl2N3O2. The van der Waals surface area contributed by atoms with E-state index in [-0.39, 0.29) is 27.5 Å². The monoisotopic (exact) mass is 363 g/mol. The van der Waals surface area contributed by atoms with Crippen LogP contribution < -0.4 is 5.56 Å². The first-order valence-electron chi connectivity index (χ1n) is 7.38. The van der Waals surface area contributed by atoms with E-state index in [9.17, 15) is 9.90 Å². The normalized spacial score (nSPS) is 11.4. The van der Waals surface area contributed by atoms with E-state index in [0.29, 0.717) is 11.1 Å². The van der Waals surface area contributed by atoms with Gasteiger partial charge in [-0.1, -0.05) is 37.0 Å². The van der Waals surface area contributed by atoms with Crippen LogP contribution in [0, 0.1) is 6.92 Å². The maximum absolute atomic E-state index is 12.6. The summed E-state index contributed by atoms with van der Waals surface area (Å²) in [5.74, 6) is -0.0941. The van der Waals surface area contributed by atoms with E-state index in [2.05, 4.69) is 9.97 Å².